The molecule has 6 heteroatoms. The number of hydrogen-bond acceptors (Lipinski definition) is 1. The molecule has 5 rings (SSSR count). The molecule has 2 aromatic carbocycles. The van der Waals surface area contributed by atoms with Gasteiger partial charge in [-0.15, -0.1) is 0 Å². The number of carbonyl (C=O) groups is 1. The Morgan fingerprint density at radius 1 is 1.07 bits per heavy atom. The third-order valence-corrected chi connectivity index (χ3v) is 6.26. The summed E-state index contributed by atoms with van der Waals surface area (Å²) in [4.78, 5) is 17.8. The van der Waals surface area contributed by atoms with Gasteiger partial charge in [0.1, 0.15) is 11.6 Å². The second-order valence-electron chi connectivity index (χ2n) is 8.01. The summed E-state index contributed by atoms with van der Waals surface area (Å²) < 4.78 is 29.7. The summed E-state index contributed by atoms with van der Waals surface area (Å²) in [5.74, 6) is -0.340. The number of benzene rings is 2. The van der Waals surface area contributed by atoms with Gasteiger partial charge in [-0.2, -0.15) is 0 Å². The lowest BCUT2D eigenvalue weighted by atomic mass is 10.0. The molecule has 4 nitrogen and oxygen atoms in total. The lowest BCUT2D eigenvalue weighted by Crippen LogP contribution is -2.39. The fourth-order valence-electron chi connectivity index (χ4n) is 4.62. The first-order valence-corrected chi connectivity index (χ1v) is 10.4. The molecule has 1 amide bonds. The topological polar surface area (TPSA) is 41.0 Å². The monoisotopic (exact) mass is 407 g/mol. The fourth-order valence-corrected chi connectivity index (χ4v) is 4.62. The third kappa shape index (κ3) is 3.36. The number of hydrogen-bond donors (Lipinski definition) is 1. The number of halogens is 2. The van der Waals surface area contributed by atoms with E-state index in [1.165, 1.54) is 18.2 Å². The number of aromatic amines is 1. The molecule has 0 radical (unpaired) electrons. The molecule has 0 saturated carbocycles. The summed E-state index contributed by atoms with van der Waals surface area (Å²) in [6.45, 7) is 1.39. The van der Waals surface area contributed by atoms with Gasteiger partial charge in [0.15, 0.2) is 0 Å². The molecule has 0 spiro atoms. The van der Waals surface area contributed by atoms with Crippen molar-refractivity contribution in [3.63, 3.8) is 0 Å². The Kier molecular flexibility index (Phi) is 4.77. The molecule has 1 saturated heterocycles. The van der Waals surface area contributed by atoms with Crippen molar-refractivity contribution in [2.45, 2.75) is 31.7 Å². The first kappa shape index (κ1) is 18.9. The van der Waals surface area contributed by atoms with E-state index in [9.17, 15) is 13.6 Å². The van der Waals surface area contributed by atoms with Crippen LogP contribution in [0.5, 0.6) is 0 Å². The van der Waals surface area contributed by atoms with Crippen LogP contribution in [0.4, 0.5) is 8.78 Å². The van der Waals surface area contributed by atoms with Crippen LogP contribution in [-0.4, -0.2) is 33.4 Å². The van der Waals surface area contributed by atoms with Crippen molar-refractivity contribution in [3.8, 4) is 0 Å². The quantitative estimate of drug-likeness (QED) is 0.497. The van der Waals surface area contributed by atoms with Gasteiger partial charge in [0.25, 0.3) is 0 Å². The van der Waals surface area contributed by atoms with E-state index >= 15 is 0 Å². The van der Waals surface area contributed by atoms with Crippen LogP contribution < -0.4 is 0 Å². The van der Waals surface area contributed by atoms with Crippen molar-refractivity contribution in [1.82, 2.24) is 14.5 Å². The highest BCUT2D eigenvalue weighted by Gasteiger charge is 2.24. The van der Waals surface area contributed by atoms with Crippen molar-refractivity contribution >= 4 is 27.7 Å². The molecule has 154 valence electrons. The standard InChI is InChI=1S/C24H23F2N3O/c25-17-5-6-22-20(14-17)16(15-27-22)4-7-24(30)28-11-8-18(9-12-28)29-13-10-19-21(26)2-1-3-23(19)29/h1-3,5-6,10,13-15,18,27H,4,7-9,11-12H2. The Morgan fingerprint density at radius 3 is 2.73 bits per heavy atom. The summed E-state index contributed by atoms with van der Waals surface area (Å²) in [6, 6.07) is 11.9. The number of nitrogens with one attached hydrogen (secondary N) is 1. The van der Waals surface area contributed by atoms with Crippen LogP contribution in [0.2, 0.25) is 0 Å². The first-order chi connectivity index (χ1) is 14.6. The molecule has 2 aromatic heterocycles. The molecule has 1 N–H and O–H groups in total. The number of carbonyl (C=O) groups excluding carboxylic acids is 1. The molecule has 4 aromatic rings. The number of nitrogens with zero attached hydrogens (tertiary/aromatic N) is 2. The predicted molar refractivity (Wildman–Crippen MR) is 113 cm³/mol. The number of rotatable bonds is 4. The summed E-state index contributed by atoms with van der Waals surface area (Å²) >= 11 is 0. The summed E-state index contributed by atoms with van der Waals surface area (Å²) in [5, 5.41) is 1.49. The van der Waals surface area contributed by atoms with E-state index in [1.54, 1.807) is 12.1 Å². The van der Waals surface area contributed by atoms with E-state index in [-0.39, 0.29) is 23.6 Å². The molecule has 1 fully saturated rings. The molecule has 0 bridgehead atoms. The smallest absolute Gasteiger partial charge is 0.222 e. The number of H-pyrrole nitrogens is 1. The van der Waals surface area contributed by atoms with Crippen LogP contribution in [-0.2, 0) is 11.2 Å². The van der Waals surface area contributed by atoms with E-state index in [1.807, 2.05) is 29.4 Å². The van der Waals surface area contributed by atoms with Crippen LogP contribution in [0, 0.1) is 11.6 Å². The highest BCUT2D eigenvalue weighted by Crippen LogP contribution is 2.29. The Hall–Kier alpha value is -3.15. The molecule has 0 aliphatic carbocycles. The van der Waals surface area contributed by atoms with Crippen molar-refractivity contribution in [3.05, 3.63) is 72.1 Å². The summed E-state index contributed by atoms with van der Waals surface area (Å²) in [7, 11) is 0. The van der Waals surface area contributed by atoms with Crippen molar-refractivity contribution in [2.75, 3.05) is 13.1 Å². The maximum atomic E-state index is 14.0. The zero-order valence-electron chi connectivity index (χ0n) is 16.6. The van der Waals surface area contributed by atoms with Crippen LogP contribution in [0.1, 0.15) is 30.9 Å². The van der Waals surface area contributed by atoms with Crippen LogP contribution in [0.3, 0.4) is 0 Å². The van der Waals surface area contributed by atoms with Gasteiger partial charge in [0.2, 0.25) is 5.91 Å². The molecule has 1 aliphatic heterocycles. The molecule has 1 aliphatic rings. The van der Waals surface area contributed by atoms with E-state index in [0.29, 0.717) is 31.3 Å². The maximum Gasteiger partial charge on any atom is 0.222 e. The summed E-state index contributed by atoms with van der Waals surface area (Å²) in [6.07, 6.45) is 6.51. The van der Waals surface area contributed by atoms with Gasteiger partial charge in [-0.1, -0.05) is 6.07 Å². The van der Waals surface area contributed by atoms with Crippen LogP contribution in [0.15, 0.2) is 54.9 Å². The highest BCUT2D eigenvalue weighted by atomic mass is 19.1. The van der Waals surface area contributed by atoms with Gasteiger partial charge in [-0.05, 0) is 61.2 Å². The number of amides is 1. The predicted octanol–water partition coefficient (Wildman–Crippen LogP) is 5.20. The highest BCUT2D eigenvalue weighted by molar-refractivity contribution is 5.84. The van der Waals surface area contributed by atoms with Gasteiger partial charge in [-0.25, -0.2) is 8.78 Å². The zero-order chi connectivity index (χ0) is 20.7. The van der Waals surface area contributed by atoms with Crippen LogP contribution >= 0.6 is 0 Å². The molecule has 0 unspecified atom stereocenters. The second kappa shape index (κ2) is 7.59. The number of likely N-dealkylation sites (tertiary alicyclic amines) is 1. The average Bonchev–Trinajstić information content (AvgIpc) is 3.37. The molecular weight excluding hydrogens is 384 g/mol. The maximum absolute atomic E-state index is 14.0. The van der Waals surface area contributed by atoms with Gasteiger partial charge >= 0.3 is 0 Å². The third-order valence-electron chi connectivity index (χ3n) is 6.26. The van der Waals surface area contributed by atoms with Crippen molar-refractivity contribution in [2.24, 2.45) is 0 Å². The Bertz CT molecular complexity index is 1220. The van der Waals surface area contributed by atoms with Gasteiger partial charge in [0.05, 0.1) is 5.52 Å². The van der Waals surface area contributed by atoms with Crippen molar-refractivity contribution < 1.29 is 13.6 Å². The van der Waals surface area contributed by atoms with Gasteiger partial charge < -0.3 is 14.5 Å². The number of fused-ring (bicyclic) bond motifs is 2. The van der Waals surface area contributed by atoms with Gasteiger partial charge in [-0.3, -0.25) is 4.79 Å². The Morgan fingerprint density at radius 2 is 1.90 bits per heavy atom. The lowest BCUT2D eigenvalue weighted by Gasteiger charge is -2.33. The van der Waals surface area contributed by atoms with E-state index in [0.717, 1.165) is 34.8 Å². The van der Waals surface area contributed by atoms with E-state index in [2.05, 4.69) is 9.55 Å². The molecule has 3 heterocycles. The molecule has 30 heavy (non-hydrogen) atoms. The summed E-state index contributed by atoms with van der Waals surface area (Å²) in [5.41, 5.74) is 2.76. The number of aryl methyl sites for hydroxylation is 1. The van der Waals surface area contributed by atoms with Crippen LogP contribution in [0.25, 0.3) is 21.8 Å². The Balaban J connectivity index is 1.21. The Labute approximate surface area is 173 Å². The van der Waals surface area contributed by atoms with Gasteiger partial charge in [0, 0.05) is 54.2 Å². The number of aromatic nitrogens is 2. The largest absolute Gasteiger partial charge is 0.361 e. The second-order valence-corrected chi connectivity index (χ2v) is 8.01. The normalized spacial score (nSPS) is 15.3. The zero-order valence-corrected chi connectivity index (χ0v) is 16.6. The van der Waals surface area contributed by atoms with E-state index in [4.69, 9.17) is 0 Å². The lowest BCUT2D eigenvalue weighted by molar-refractivity contribution is -0.132. The first-order valence-electron chi connectivity index (χ1n) is 10.4. The van der Waals surface area contributed by atoms with Crippen molar-refractivity contribution in [1.29, 1.82) is 0 Å². The van der Waals surface area contributed by atoms with E-state index < -0.39 is 0 Å². The minimum absolute atomic E-state index is 0.127. The fraction of sp³-hybridized carbons (Fsp3) is 0.292. The minimum atomic E-state index is -0.269. The SMILES string of the molecule is O=C(CCc1c[nH]c2ccc(F)cc12)N1CCC(n2ccc3c(F)cccc32)CC1. The average molecular weight is 407 g/mol. The molecular formula is C24H23F2N3O. The number of piperidine rings is 1. The minimum Gasteiger partial charge on any atom is -0.361 e. The molecule has 0 atom stereocenters.